The van der Waals surface area contributed by atoms with Gasteiger partial charge < -0.3 is 5.41 Å². The highest BCUT2D eigenvalue weighted by atomic mass is 32.2. The van der Waals surface area contributed by atoms with Crippen LogP contribution < -0.4 is 0 Å². The van der Waals surface area contributed by atoms with Crippen molar-refractivity contribution in [3.05, 3.63) is 10.3 Å². The van der Waals surface area contributed by atoms with E-state index in [2.05, 4.69) is 6.26 Å². The average molecular weight is 159 g/mol. The molecule has 0 fully saturated rings. The maximum Gasteiger partial charge on any atom is 0.0416 e. The summed E-state index contributed by atoms with van der Waals surface area (Å²) in [5, 5.41) is 7.32. The predicted octanol–water partition coefficient (Wildman–Crippen LogP) is 2.35. The largest absolute Gasteiger partial charge is 0.305 e. The first-order chi connectivity index (χ1) is 4.33. The Morgan fingerprint density at radius 2 is 2.56 bits per heavy atom. The van der Waals surface area contributed by atoms with E-state index < -0.39 is 0 Å². The molecule has 0 saturated heterocycles. The van der Waals surface area contributed by atoms with Gasteiger partial charge in [0.05, 0.1) is 0 Å². The molecule has 1 aliphatic heterocycles. The Kier molecular flexibility index (Phi) is 2.66. The summed E-state index contributed by atoms with van der Waals surface area (Å²) >= 11 is 3.58. The third-order valence-corrected chi connectivity index (χ3v) is 3.29. The first kappa shape index (κ1) is 7.22. The van der Waals surface area contributed by atoms with E-state index in [1.807, 2.05) is 17.8 Å². The number of allylic oxidation sites excluding steroid dienone is 1. The van der Waals surface area contributed by atoms with Crippen molar-refractivity contribution in [3.8, 4) is 0 Å². The molecular formula is C6H9NS2. The molecule has 0 aromatic heterocycles. The molecule has 0 spiro atoms. The lowest BCUT2D eigenvalue weighted by molar-refractivity contribution is 1.27. The highest BCUT2D eigenvalue weighted by Gasteiger charge is 2.05. The third-order valence-electron chi connectivity index (χ3n) is 1.11. The zero-order chi connectivity index (χ0) is 6.69. The molecule has 1 rings (SSSR count). The lowest BCUT2D eigenvalue weighted by Gasteiger charge is -2.09. The van der Waals surface area contributed by atoms with Gasteiger partial charge in [0.2, 0.25) is 0 Å². The molecule has 0 saturated carbocycles. The Morgan fingerprint density at radius 1 is 1.78 bits per heavy atom. The molecule has 0 unspecified atom stereocenters. The maximum absolute atomic E-state index is 7.32. The number of thioether (sulfide) groups is 2. The molecule has 3 heteroatoms. The van der Waals surface area contributed by atoms with Crippen LogP contribution in [0.4, 0.5) is 0 Å². The fraction of sp³-hybridized carbons (Fsp3) is 0.500. The van der Waals surface area contributed by atoms with E-state index in [9.17, 15) is 0 Å². The van der Waals surface area contributed by atoms with Gasteiger partial charge in [-0.1, -0.05) is 0 Å². The summed E-state index contributed by atoms with van der Waals surface area (Å²) in [4.78, 5) is 0. The van der Waals surface area contributed by atoms with Crippen LogP contribution >= 0.6 is 23.5 Å². The Labute approximate surface area is 63.8 Å². The molecule has 1 aliphatic rings. The highest BCUT2D eigenvalue weighted by Crippen LogP contribution is 2.29. The standard InChI is InChI=1S/C6H9NS2/c1-8-6-4-5(7)2-3-9-6/h4,7H,2-3H2,1H3. The number of nitrogens with one attached hydrogen (secondary N) is 1. The Morgan fingerprint density at radius 3 is 3.00 bits per heavy atom. The van der Waals surface area contributed by atoms with E-state index in [4.69, 9.17) is 5.41 Å². The summed E-state index contributed by atoms with van der Waals surface area (Å²) in [5.74, 6) is 1.09. The van der Waals surface area contributed by atoms with Crippen molar-refractivity contribution in [1.29, 1.82) is 5.41 Å². The smallest absolute Gasteiger partial charge is 0.0416 e. The molecule has 0 radical (unpaired) electrons. The molecule has 0 aromatic rings. The quantitative estimate of drug-likeness (QED) is 0.635. The fourth-order valence-corrected chi connectivity index (χ4v) is 2.37. The molecular weight excluding hydrogens is 150 g/mol. The summed E-state index contributed by atoms with van der Waals surface area (Å²) < 4.78 is 1.28. The van der Waals surface area contributed by atoms with Crippen molar-refractivity contribution < 1.29 is 0 Å². The third kappa shape index (κ3) is 2.06. The minimum Gasteiger partial charge on any atom is -0.305 e. The van der Waals surface area contributed by atoms with Gasteiger partial charge in [0.25, 0.3) is 0 Å². The normalized spacial score (nSPS) is 19.7. The predicted molar refractivity (Wildman–Crippen MR) is 46.4 cm³/mol. The van der Waals surface area contributed by atoms with Crippen LogP contribution in [0.5, 0.6) is 0 Å². The van der Waals surface area contributed by atoms with Crippen molar-refractivity contribution >= 4 is 29.2 Å². The van der Waals surface area contributed by atoms with E-state index in [0.29, 0.717) is 0 Å². The summed E-state index contributed by atoms with van der Waals surface area (Å²) in [6, 6.07) is 0. The summed E-state index contributed by atoms with van der Waals surface area (Å²) in [6.45, 7) is 0. The van der Waals surface area contributed by atoms with Crippen molar-refractivity contribution in [2.45, 2.75) is 6.42 Å². The molecule has 0 aromatic carbocycles. The summed E-state index contributed by atoms with van der Waals surface area (Å²) in [6.07, 6.45) is 4.95. The van der Waals surface area contributed by atoms with Gasteiger partial charge in [-0.2, -0.15) is 0 Å². The maximum atomic E-state index is 7.32. The topological polar surface area (TPSA) is 23.9 Å². The average Bonchev–Trinajstić information content (AvgIpc) is 1.88. The Hall–Kier alpha value is 0.110. The second-order valence-electron chi connectivity index (χ2n) is 1.79. The van der Waals surface area contributed by atoms with Crippen LogP contribution in [0.3, 0.4) is 0 Å². The van der Waals surface area contributed by atoms with Crippen LogP contribution in [-0.4, -0.2) is 17.7 Å². The number of hydrogen-bond acceptors (Lipinski definition) is 3. The Balaban J connectivity index is 2.59. The zero-order valence-electron chi connectivity index (χ0n) is 5.31. The van der Waals surface area contributed by atoms with E-state index in [0.717, 1.165) is 17.9 Å². The van der Waals surface area contributed by atoms with Crippen LogP contribution in [0.2, 0.25) is 0 Å². The summed E-state index contributed by atoms with van der Waals surface area (Å²) in [5.41, 5.74) is 0.776. The second kappa shape index (κ2) is 3.32. The van der Waals surface area contributed by atoms with Gasteiger partial charge in [0.15, 0.2) is 0 Å². The van der Waals surface area contributed by atoms with Crippen LogP contribution in [-0.2, 0) is 0 Å². The van der Waals surface area contributed by atoms with Crippen molar-refractivity contribution in [1.82, 2.24) is 0 Å². The monoisotopic (exact) mass is 159 g/mol. The fourth-order valence-electron chi connectivity index (χ4n) is 0.636. The molecule has 0 atom stereocenters. The molecule has 0 amide bonds. The first-order valence-corrected chi connectivity index (χ1v) is 5.00. The van der Waals surface area contributed by atoms with E-state index >= 15 is 0 Å². The van der Waals surface area contributed by atoms with Crippen LogP contribution in [0.15, 0.2) is 10.3 Å². The molecule has 0 bridgehead atoms. The zero-order valence-corrected chi connectivity index (χ0v) is 6.94. The van der Waals surface area contributed by atoms with Crippen LogP contribution in [0.25, 0.3) is 0 Å². The second-order valence-corrected chi connectivity index (χ2v) is 4.03. The SMILES string of the molecule is CSC1=CC(=N)CCS1. The minimum absolute atomic E-state index is 0.776. The molecule has 1 heterocycles. The highest BCUT2D eigenvalue weighted by molar-refractivity contribution is 8.22. The van der Waals surface area contributed by atoms with E-state index in [-0.39, 0.29) is 0 Å². The number of rotatable bonds is 1. The first-order valence-electron chi connectivity index (χ1n) is 2.79. The molecule has 1 nitrogen and oxygen atoms in total. The lowest BCUT2D eigenvalue weighted by atomic mass is 10.3. The van der Waals surface area contributed by atoms with E-state index in [1.165, 1.54) is 4.24 Å². The van der Waals surface area contributed by atoms with Crippen molar-refractivity contribution in [2.24, 2.45) is 0 Å². The van der Waals surface area contributed by atoms with Gasteiger partial charge >= 0.3 is 0 Å². The van der Waals surface area contributed by atoms with E-state index in [1.54, 1.807) is 11.8 Å². The van der Waals surface area contributed by atoms with Gasteiger partial charge in [-0.05, 0) is 18.8 Å². The van der Waals surface area contributed by atoms with Gasteiger partial charge in [-0.15, -0.1) is 23.5 Å². The van der Waals surface area contributed by atoms with Gasteiger partial charge in [-0.25, -0.2) is 0 Å². The van der Waals surface area contributed by atoms with Gasteiger partial charge in [0, 0.05) is 15.7 Å². The molecule has 9 heavy (non-hydrogen) atoms. The molecule has 1 N–H and O–H groups in total. The minimum atomic E-state index is 0.776. The Bertz CT molecular complexity index is 151. The summed E-state index contributed by atoms with van der Waals surface area (Å²) in [7, 11) is 0. The van der Waals surface area contributed by atoms with Crippen molar-refractivity contribution in [3.63, 3.8) is 0 Å². The lowest BCUT2D eigenvalue weighted by Crippen LogP contribution is -1.99. The number of hydrogen-bond donors (Lipinski definition) is 1. The molecule has 50 valence electrons. The van der Waals surface area contributed by atoms with Crippen LogP contribution in [0.1, 0.15) is 6.42 Å². The van der Waals surface area contributed by atoms with Crippen LogP contribution in [0, 0.1) is 5.41 Å². The molecule has 0 aliphatic carbocycles. The van der Waals surface area contributed by atoms with Gasteiger partial charge in [-0.3, -0.25) is 0 Å². The van der Waals surface area contributed by atoms with Crippen molar-refractivity contribution in [2.75, 3.05) is 12.0 Å². The van der Waals surface area contributed by atoms with Gasteiger partial charge in [0.1, 0.15) is 0 Å².